The van der Waals surface area contributed by atoms with Crippen molar-refractivity contribution in [1.29, 1.82) is 0 Å². The molecule has 158 valence electrons. The molecule has 0 spiro atoms. The van der Waals surface area contributed by atoms with Crippen molar-refractivity contribution >= 4 is 0 Å². The number of ether oxygens (including phenoxy) is 2. The van der Waals surface area contributed by atoms with E-state index in [0.29, 0.717) is 12.0 Å². The van der Waals surface area contributed by atoms with Crippen LogP contribution in [-0.4, -0.2) is 18.2 Å². The standard InChI is InChI=1S/C23H21F4NO2/c1-2-18-12-15(10-11-28-18)13-19(16-6-4-3-5-7-16)17-8-9-20(29-22(24)25)21(14-17)30-23(26)27/h3-12,14,19,22-23H,2,13H2,1H3/t19-/m1/s1. The summed E-state index contributed by atoms with van der Waals surface area (Å²) in [6, 6.07) is 17.6. The van der Waals surface area contributed by atoms with Gasteiger partial charge in [-0.1, -0.05) is 43.3 Å². The Morgan fingerprint density at radius 3 is 2.17 bits per heavy atom. The molecule has 0 unspecified atom stereocenters. The van der Waals surface area contributed by atoms with Crippen LogP contribution in [0, 0.1) is 0 Å². The molecule has 30 heavy (non-hydrogen) atoms. The molecular formula is C23H21F4NO2. The lowest BCUT2D eigenvalue weighted by atomic mass is 9.86. The van der Waals surface area contributed by atoms with Crippen molar-refractivity contribution in [3.63, 3.8) is 0 Å². The van der Waals surface area contributed by atoms with Crippen LogP contribution in [0.2, 0.25) is 0 Å². The summed E-state index contributed by atoms with van der Waals surface area (Å²) in [5.41, 5.74) is 3.58. The molecule has 1 aromatic heterocycles. The fourth-order valence-electron chi connectivity index (χ4n) is 3.32. The first-order chi connectivity index (χ1) is 14.5. The highest BCUT2D eigenvalue weighted by Gasteiger charge is 2.20. The monoisotopic (exact) mass is 419 g/mol. The van der Waals surface area contributed by atoms with Gasteiger partial charge in [0.15, 0.2) is 11.5 Å². The number of alkyl halides is 4. The van der Waals surface area contributed by atoms with Crippen molar-refractivity contribution in [1.82, 2.24) is 4.98 Å². The van der Waals surface area contributed by atoms with Crippen molar-refractivity contribution < 1.29 is 27.0 Å². The quantitative estimate of drug-likeness (QED) is 0.386. The molecule has 0 fully saturated rings. The van der Waals surface area contributed by atoms with Crippen LogP contribution in [0.5, 0.6) is 11.5 Å². The Balaban J connectivity index is 2.02. The SMILES string of the molecule is CCc1cc(C[C@H](c2ccccc2)c2ccc(OC(F)F)c(OC(F)F)c2)ccn1. The van der Waals surface area contributed by atoms with Crippen LogP contribution in [-0.2, 0) is 12.8 Å². The molecule has 0 aliphatic rings. The topological polar surface area (TPSA) is 31.4 Å². The van der Waals surface area contributed by atoms with E-state index in [9.17, 15) is 17.6 Å². The molecule has 3 aromatic rings. The van der Waals surface area contributed by atoms with E-state index in [4.69, 9.17) is 0 Å². The van der Waals surface area contributed by atoms with E-state index in [1.54, 1.807) is 12.3 Å². The number of benzene rings is 2. The molecule has 1 atom stereocenters. The molecule has 1 heterocycles. The number of nitrogens with zero attached hydrogens (tertiary/aromatic N) is 1. The molecular weight excluding hydrogens is 398 g/mol. The van der Waals surface area contributed by atoms with Crippen LogP contribution in [0.1, 0.15) is 35.2 Å². The van der Waals surface area contributed by atoms with Crippen LogP contribution in [0.4, 0.5) is 17.6 Å². The zero-order valence-electron chi connectivity index (χ0n) is 16.3. The molecule has 0 radical (unpaired) electrons. The highest BCUT2D eigenvalue weighted by atomic mass is 19.3. The van der Waals surface area contributed by atoms with Gasteiger partial charge in [0.1, 0.15) is 0 Å². The van der Waals surface area contributed by atoms with Gasteiger partial charge in [-0.3, -0.25) is 4.98 Å². The molecule has 7 heteroatoms. The smallest absolute Gasteiger partial charge is 0.387 e. The minimum atomic E-state index is -3.16. The maximum absolute atomic E-state index is 12.9. The zero-order valence-corrected chi connectivity index (χ0v) is 16.3. The first-order valence-electron chi connectivity index (χ1n) is 9.48. The van der Waals surface area contributed by atoms with Crippen LogP contribution in [0.25, 0.3) is 0 Å². The third-order valence-electron chi connectivity index (χ3n) is 4.69. The minimum Gasteiger partial charge on any atom is -0.431 e. The normalized spacial score (nSPS) is 12.2. The Bertz CT molecular complexity index is 951. The summed E-state index contributed by atoms with van der Waals surface area (Å²) in [6.07, 6.45) is 3.10. The first-order valence-corrected chi connectivity index (χ1v) is 9.48. The van der Waals surface area contributed by atoms with Crippen LogP contribution in [0.3, 0.4) is 0 Å². The number of rotatable bonds is 9. The van der Waals surface area contributed by atoms with Gasteiger partial charge in [0.2, 0.25) is 0 Å². The van der Waals surface area contributed by atoms with Gasteiger partial charge in [-0.25, -0.2) is 0 Å². The van der Waals surface area contributed by atoms with Gasteiger partial charge in [0.25, 0.3) is 0 Å². The maximum Gasteiger partial charge on any atom is 0.387 e. The second kappa shape index (κ2) is 10.1. The Morgan fingerprint density at radius 1 is 0.800 bits per heavy atom. The summed E-state index contributed by atoms with van der Waals surface area (Å²) in [5.74, 6) is -1.07. The van der Waals surface area contributed by atoms with Gasteiger partial charge in [-0.15, -0.1) is 0 Å². The third kappa shape index (κ3) is 5.72. The number of pyridine rings is 1. The molecule has 0 bridgehead atoms. The van der Waals surface area contributed by atoms with Crippen molar-refractivity contribution in [3.8, 4) is 11.5 Å². The Morgan fingerprint density at radius 2 is 1.50 bits per heavy atom. The third-order valence-corrected chi connectivity index (χ3v) is 4.69. The predicted molar refractivity (Wildman–Crippen MR) is 105 cm³/mol. The van der Waals surface area contributed by atoms with Crippen LogP contribution < -0.4 is 9.47 Å². The minimum absolute atomic E-state index is 0.209. The van der Waals surface area contributed by atoms with E-state index >= 15 is 0 Å². The zero-order chi connectivity index (χ0) is 21.5. The van der Waals surface area contributed by atoms with Gasteiger partial charge in [0, 0.05) is 17.8 Å². The first kappa shape index (κ1) is 21.6. The molecule has 0 saturated carbocycles. The molecule has 0 amide bonds. The number of hydrogen-bond acceptors (Lipinski definition) is 3. The fourth-order valence-corrected chi connectivity index (χ4v) is 3.32. The van der Waals surface area contributed by atoms with Gasteiger partial charge >= 0.3 is 13.2 Å². The highest BCUT2D eigenvalue weighted by Crippen LogP contribution is 2.36. The summed E-state index contributed by atoms with van der Waals surface area (Å²) in [5, 5.41) is 0. The summed E-state index contributed by atoms with van der Waals surface area (Å²) in [6.45, 7) is -4.30. The summed E-state index contributed by atoms with van der Waals surface area (Å²) in [7, 11) is 0. The fraction of sp³-hybridized carbons (Fsp3) is 0.261. The largest absolute Gasteiger partial charge is 0.431 e. The summed E-state index contributed by atoms with van der Waals surface area (Å²) < 4.78 is 59.8. The predicted octanol–water partition coefficient (Wildman–Crippen LogP) is 6.22. The number of aryl methyl sites for hydroxylation is 1. The molecule has 0 saturated heterocycles. The van der Waals surface area contributed by atoms with E-state index in [0.717, 1.165) is 23.2 Å². The molecule has 0 aliphatic carbocycles. The van der Waals surface area contributed by atoms with Crippen molar-refractivity contribution in [3.05, 3.63) is 89.2 Å². The van der Waals surface area contributed by atoms with Gasteiger partial charge in [0.05, 0.1) is 0 Å². The Kier molecular flexibility index (Phi) is 7.27. The van der Waals surface area contributed by atoms with Gasteiger partial charge < -0.3 is 9.47 Å². The average Bonchev–Trinajstić information content (AvgIpc) is 2.73. The summed E-state index contributed by atoms with van der Waals surface area (Å²) in [4.78, 5) is 4.31. The Hall–Kier alpha value is -3.09. The van der Waals surface area contributed by atoms with E-state index in [-0.39, 0.29) is 5.92 Å². The second-order valence-electron chi connectivity index (χ2n) is 6.64. The molecule has 3 rings (SSSR count). The van der Waals surface area contributed by atoms with E-state index in [1.165, 1.54) is 12.1 Å². The molecule has 0 aliphatic heterocycles. The Labute approximate surface area is 172 Å². The molecule has 2 aromatic carbocycles. The number of halogens is 4. The average molecular weight is 419 g/mol. The molecule has 3 nitrogen and oxygen atoms in total. The lowest BCUT2D eigenvalue weighted by molar-refractivity contribution is -0.0692. The van der Waals surface area contributed by atoms with Crippen LogP contribution in [0.15, 0.2) is 66.9 Å². The highest BCUT2D eigenvalue weighted by molar-refractivity contribution is 5.47. The van der Waals surface area contributed by atoms with Crippen molar-refractivity contribution in [2.24, 2.45) is 0 Å². The van der Waals surface area contributed by atoms with Crippen molar-refractivity contribution in [2.75, 3.05) is 0 Å². The van der Waals surface area contributed by atoms with Crippen LogP contribution >= 0.6 is 0 Å². The lowest BCUT2D eigenvalue weighted by Crippen LogP contribution is -2.10. The van der Waals surface area contributed by atoms with Crippen molar-refractivity contribution in [2.45, 2.75) is 38.9 Å². The maximum atomic E-state index is 12.9. The van der Waals surface area contributed by atoms with E-state index in [2.05, 4.69) is 14.5 Å². The van der Waals surface area contributed by atoms with E-state index < -0.39 is 24.7 Å². The number of hydrogen-bond donors (Lipinski definition) is 0. The second-order valence-corrected chi connectivity index (χ2v) is 6.64. The van der Waals surface area contributed by atoms with E-state index in [1.807, 2.05) is 49.4 Å². The van der Waals surface area contributed by atoms with Gasteiger partial charge in [-0.2, -0.15) is 17.6 Å². The van der Waals surface area contributed by atoms with Gasteiger partial charge in [-0.05, 0) is 53.8 Å². The lowest BCUT2D eigenvalue weighted by Gasteiger charge is -2.21. The number of aromatic nitrogens is 1. The summed E-state index contributed by atoms with van der Waals surface area (Å²) >= 11 is 0. The molecule has 0 N–H and O–H groups in total.